The number of halogens is 3. The first kappa shape index (κ1) is 11.5. The Labute approximate surface area is 94.6 Å². The van der Waals surface area contributed by atoms with Gasteiger partial charge in [-0.15, -0.1) is 0 Å². The second-order valence-electron chi connectivity index (χ2n) is 3.70. The van der Waals surface area contributed by atoms with Crippen molar-refractivity contribution in [3.63, 3.8) is 0 Å². The van der Waals surface area contributed by atoms with Gasteiger partial charge in [0.1, 0.15) is 6.54 Å². The van der Waals surface area contributed by atoms with E-state index < -0.39 is 18.6 Å². The first-order valence-corrected chi connectivity index (χ1v) is 4.82. The Bertz CT molecular complexity index is 572. The van der Waals surface area contributed by atoms with Crippen LogP contribution in [0.25, 0.3) is 10.9 Å². The van der Waals surface area contributed by atoms with Crippen LogP contribution < -0.4 is 5.73 Å². The maximum absolute atomic E-state index is 12.3. The molecule has 2 aromatic rings. The summed E-state index contributed by atoms with van der Waals surface area (Å²) in [4.78, 5) is 11.0. The molecule has 0 spiro atoms. The summed E-state index contributed by atoms with van der Waals surface area (Å²) in [7, 11) is 0. The zero-order valence-electron chi connectivity index (χ0n) is 8.66. The van der Waals surface area contributed by atoms with E-state index in [1.807, 2.05) is 0 Å². The number of nitrogens with two attached hydrogens (primary N) is 1. The molecule has 0 bridgehead atoms. The van der Waals surface area contributed by atoms with Crippen molar-refractivity contribution in [1.82, 2.24) is 4.57 Å². The molecule has 1 aromatic carbocycles. The second-order valence-corrected chi connectivity index (χ2v) is 3.70. The number of carbonyl (C=O) groups is 1. The van der Waals surface area contributed by atoms with Gasteiger partial charge in [-0.25, -0.2) is 0 Å². The molecule has 17 heavy (non-hydrogen) atoms. The van der Waals surface area contributed by atoms with Crippen molar-refractivity contribution < 1.29 is 18.0 Å². The number of alkyl halides is 3. The van der Waals surface area contributed by atoms with Gasteiger partial charge in [-0.1, -0.05) is 6.07 Å². The average molecular weight is 242 g/mol. The first-order chi connectivity index (χ1) is 7.87. The van der Waals surface area contributed by atoms with E-state index >= 15 is 0 Å². The van der Waals surface area contributed by atoms with Gasteiger partial charge in [0.25, 0.3) is 0 Å². The van der Waals surface area contributed by atoms with Gasteiger partial charge in [-0.05, 0) is 23.6 Å². The summed E-state index contributed by atoms with van der Waals surface area (Å²) in [6.45, 7) is -1.08. The third kappa shape index (κ3) is 2.41. The topological polar surface area (TPSA) is 48.0 Å². The second kappa shape index (κ2) is 3.80. The van der Waals surface area contributed by atoms with E-state index in [9.17, 15) is 18.0 Å². The minimum Gasteiger partial charge on any atom is -0.366 e. The Morgan fingerprint density at radius 2 is 2.00 bits per heavy atom. The summed E-state index contributed by atoms with van der Waals surface area (Å²) >= 11 is 0. The van der Waals surface area contributed by atoms with Crippen molar-refractivity contribution in [1.29, 1.82) is 0 Å². The van der Waals surface area contributed by atoms with Crippen LogP contribution in [0.15, 0.2) is 30.5 Å². The van der Waals surface area contributed by atoms with Gasteiger partial charge in [0.2, 0.25) is 5.91 Å². The quantitative estimate of drug-likeness (QED) is 0.863. The van der Waals surface area contributed by atoms with E-state index in [-0.39, 0.29) is 5.56 Å². The average Bonchev–Trinajstić information content (AvgIpc) is 2.58. The number of nitrogens with zero attached hydrogens (tertiary/aromatic N) is 1. The molecule has 0 saturated heterocycles. The van der Waals surface area contributed by atoms with Crippen LogP contribution in [-0.4, -0.2) is 16.7 Å². The molecule has 90 valence electrons. The Morgan fingerprint density at radius 1 is 1.29 bits per heavy atom. The van der Waals surface area contributed by atoms with Gasteiger partial charge in [0.15, 0.2) is 0 Å². The van der Waals surface area contributed by atoms with Gasteiger partial charge in [0, 0.05) is 17.3 Å². The van der Waals surface area contributed by atoms with Crippen LogP contribution in [0, 0.1) is 0 Å². The maximum atomic E-state index is 12.3. The van der Waals surface area contributed by atoms with Crippen LogP contribution in [0.1, 0.15) is 10.4 Å². The zero-order chi connectivity index (χ0) is 12.6. The fourth-order valence-corrected chi connectivity index (χ4v) is 1.67. The fourth-order valence-electron chi connectivity index (χ4n) is 1.67. The monoisotopic (exact) mass is 242 g/mol. The third-order valence-electron chi connectivity index (χ3n) is 2.41. The number of amides is 1. The molecule has 0 unspecified atom stereocenters. The summed E-state index contributed by atoms with van der Waals surface area (Å²) in [5.41, 5.74) is 5.62. The summed E-state index contributed by atoms with van der Waals surface area (Å²) in [6, 6.07) is 5.99. The summed E-state index contributed by atoms with van der Waals surface area (Å²) in [5, 5.41) is 0.638. The van der Waals surface area contributed by atoms with Crippen LogP contribution in [-0.2, 0) is 6.54 Å². The van der Waals surface area contributed by atoms with Crippen molar-refractivity contribution in [3.05, 3.63) is 36.0 Å². The van der Waals surface area contributed by atoms with Gasteiger partial charge >= 0.3 is 6.18 Å². The van der Waals surface area contributed by atoms with Crippen molar-refractivity contribution in [2.24, 2.45) is 5.73 Å². The Morgan fingerprint density at radius 3 is 2.59 bits per heavy atom. The summed E-state index contributed by atoms with van der Waals surface area (Å²) in [5.74, 6) is -0.661. The summed E-state index contributed by atoms with van der Waals surface area (Å²) in [6.07, 6.45) is -2.96. The van der Waals surface area contributed by atoms with Crippen molar-refractivity contribution in [2.75, 3.05) is 0 Å². The van der Waals surface area contributed by atoms with Gasteiger partial charge in [-0.3, -0.25) is 4.79 Å². The molecule has 0 aliphatic carbocycles. The molecule has 0 fully saturated rings. The van der Waals surface area contributed by atoms with Crippen LogP contribution in [0.4, 0.5) is 13.2 Å². The number of benzene rings is 1. The smallest absolute Gasteiger partial charge is 0.366 e. The fraction of sp³-hybridized carbons (Fsp3) is 0.182. The molecule has 1 heterocycles. The molecule has 0 atom stereocenters. The summed E-state index contributed by atoms with van der Waals surface area (Å²) < 4.78 is 37.9. The number of carbonyl (C=O) groups excluding carboxylic acids is 1. The molecule has 3 nitrogen and oxygen atoms in total. The minimum atomic E-state index is -4.30. The highest BCUT2D eigenvalue weighted by Crippen LogP contribution is 2.23. The lowest BCUT2D eigenvalue weighted by Crippen LogP contribution is -2.17. The molecule has 2 N–H and O–H groups in total. The number of rotatable bonds is 2. The lowest BCUT2D eigenvalue weighted by Gasteiger charge is -2.09. The largest absolute Gasteiger partial charge is 0.406 e. The highest BCUT2D eigenvalue weighted by Gasteiger charge is 2.28. The van der Waals surface area contributed by atoms with Crippen LogP contribution in [0.5, 0.6) is 0 Å². The maximum Gasteiger partial charge on any atom is 0.406 e. The Balaban J connectivity index is 2.50. The van der Waals surface area contributed by atoms with E-state index in [2.05, 4.69) is 0 Å². The SMILES string of the molecule is NC(=O)c1ccc2ccn(CC(F)(F)F)c2c1. The van der Waals surface area contributed by atoms with Crippen LogP contribution >= 0.6 is 0 Å². The number of fused-ring (bicyclic) bond motifs is 1. The number of primary amides is 1. The highest BCUT2D eigenvalue weighted by molar-refractivity contribution is 5.96. The molecule has 1 aromatic heterocycles. The first-order valence-electron chi connectivity index (χ1n) is 4.82. The molecule has 2 rings (SSSR count). The van der Waals surface area contributed by atoms with E-state index in [0.717, 1.165) is 4.57 Å². The highest BCUT2D eigenvalue weighted by atomic mass is 19.4. The lowest BCUT2D eigenvalue weighted by molar-refractivity contribution is -0.139. The molecule has 6 heteroatoms. The standard InChI is InChI=1S/C11H9F3N2O/c12-11(13,14)6-16-4-3-7-1-2-8(10(15)17)5-9(7)16/h1-5H,6H2,(H2,15,17). The van der Waals surface area contributed by atoms with E-state index in [0.29, 0.717) is 10.9 Å². The Hall–Kier alpha value is -1.98. The minimum absolute atomic E-state index is 0.194. The van der Waals surface area contributed by atoms with E-state index in [4.69, 9.17) is 5.73 Å². The molecule has 1 amide bonds. The van der Waals surface area contributed by atoms with Crippen LogP contribution in [0.3, 0.4) is 0 Å². The lowest BCUT2D eigenvalue weighted by atomic mass is 10.1. The molecule has 0 radical (unpaired) electrons. The number of hydrogen-bond donors (Lipinski definition) is 1. The molecular formula is C11H9F3N2O. The van der Waals surface area contributed by atoms with Crippen molar-refractivity contribution in [2.45, 2.75) is 12.7 Å². The predicted octanol–water partition coefficient (Wildman–Crippen LogP) is 2.30. The molecular weight excluding hydrogens is 233 g/mol. The van der Waals surface area contributed by atoms with Crippen LogP contribution in [0.2, 0.25) is 0 Å². The molecule has 0 saturated carbocycles. The number of hydrogen-bond acceptors (Lipinski definition) is 1. The normalized spacial score (nSPS) is 11.9. The zero-order valence-corrected chi connectivity index (χ0v) is 8.66. The van der Waals surface area contributed by atoms with Gasteiger partial charge < -0.3 is 10.3 Å². The molecule has 0 aliphatic rings. The number of aromatic nitrogens is 1. The molecule has 0 aliphatic heterocycles. The van der Waals surface area contributed by atoms with Gasteiger partial charge in [-0.2, -0.15) is 13.2 Å². The predicted molar refractivity (Wildman–Crippen MR) is 56.5 cm³/mol. The Kier molecular flexibility index (Phi) is 2.57. The van der Waals surface area contributed by atoms with E-state index in [1.54, 1.807) is 12.1 Å². The van der Waals surface area contributed by atoms with E-state index in [1.165, 1.54) is 18.3 Å². The van der Waals surface area contributed by atoms with Crippen molar-refractivity contribution >= 4 is 16.8 Å². The van der Waals surface area contributed by atoms with Gasteiger partial charge in [0.05, 0.1) is 0 Å². The van der Waals surface area contributed by atoms with Crippen molar-refractivity contribution in [3.8, 4) is 0 Å². The third-order valence-corrected chi connectivity index (χ3v) is 2.41.